The summed E-state index contributed by atoms with van der Waals surface area (Å²) in [6.45, 7) is 3.28. The van der Waals surface area contributed by atoms with E-state index in [0.717, 1.165) is 11.8 Å². The average Bonchev–Trinajstić information content (AvgIpc) is 2.82. The smallest absolute Gasteiger partial charge is 0.243 e. The highest BCUT2D eigenvalue weighted by molar-refractivity contribution is 7.92. The molecule has 2 heterocycles. The summed E-state index contributed by atoms with van der Waals surface area (Å²) in [5.74, 6) is 0. The van der Waals surface area contributed by atoms with Crippen LogP contribution in [-0.2, 0) is 31.2 Å². The zero-order chi connectivity index (χ0) is 16.8. The molecule has 1 unspecified atom stereocenters. The second kappa shape index (κ2) is 5.73. The molecule has 2 aliphatic rings. The highest BCUT2D eigenvalue weighted by atomic mass is 32.2. The van der Waals surface area contributed by atoms with Crippen LogP contribution < -0.4 is 4.31 Å². The maximum absolute atomic E-state index is 12.7. The summed E-state index contributed by atoms with van der Waals surface area (Å²) < 4.78 is 57.2. The molecule has 7 nitrogen and oxygen atoms in total. The molecule has 1 fully saturated rings. The van der Waals surface area contributed by atoms with E-state index in [-0.39, 0.29) is 10.9 Å². The van der Waals surface area contributed by atoms with Crippen molar-refractivity contribution in [1.82, 2.24) is 4.31 Å². The van der Waals surface area contributed by atoms with Crippen molar-refractivity contribution in [3.8, 4) is 0 Å². The lowest BCUT2D eigenvalue weighted by Crippen LogP contribution is -2.40. The summed E-state index contributed by atoms with van der Waals surface area (Å²) in [7, 11) is -6.95. The number of hydrogen-bond acceptors (Lipinski definition) is 5. The fraction of sp³-hybridized carbons (Fsp3) is 0.571. The molecule has 0 radical (unpaired) electrons. The van der Waals surface area contributed by atoms with Gasteiger partial charge in [0.15, 0.2) is 0 Å². The summed E-state index contributed by atoms with van der Waals surface area (Å²) in [5.41, 5.74) is 1.32. The number of nitrogens with zero attached hydrogens (tertiary/aromatic N) is 2. The van der Waals surface area contributed by atoms with E-state index in [1.807, 2.05) is 6.92 Å². The van der Waals surface area contributed by atoms with Crippen molar-refractivity contribution in [2.75, 3.05) is 36.9 Å². The quantitative estimate of drug-likeness (QED) is 0.780. The predicted molar refractivity (Wildman–Crippen MR) is 86.5 cm³/mol. The van der Waals surface area contributed by atoms with Crippen LogP contribution in [0.2, 0.25) is 0 Å². The fourth-order valence-corrected chi connectivity index (χ4v) is 5.90. The molecule has 1 atom stereocenters. The van der Waals surface area contributed by atoms with Crippen LogP contribution in [0.1, 0.15) is 12.5 Å². The van der Waals surface area contributed by atoms with Gasteiger partial charge in [-0.05, 0) is 37.1 Å². The Morgan fingerprint density at radius 3 is 2.39 bits per heavy atom. The second-order valence-corrected chi connectivity index (χ2v) is 9.72. The van der Waals surface area contributed by atoms with Gasteiger partial charge in [0.25, 0.3) is 0 Å². The Hall–Kier alpha value is -1.16. The minimum Gasteiger partial charge on any atom is -0.379 e. The number of sulfonamides is 2. The predicted octanol–water partition coefficient (Wildman–Crippen LogP) is 0.418. The van der Waals surface area contributed by atoms with Crippen LogP contribution in [0.5, 0.6) is 0 Å². The van der Waals surface area contributed by atoms with Crippen molar-refractivity contribution in [3.63, 3.8) is 0 Å². The van der Waals surface area contributed by atoms with Gasteiger partial charge in [-0.25, -0.2) is 16.8 Å². The Bertz CT molecular complexity index is 814. The first-order valence-electron chi connectivity index (χ1n) is 7.41. The van der Waals surface area contributed by atoms with Crippen molar-refractivity contribution in [3.05, 3.63) is 23.8 Å². The van der Waals surface area contributed by atoms with Gasteiger partial charge in [0.2, 0.25) is 20.0 Å². The highest BCUT2D eigenvalue weighted by Gasteiger charge is 2.34. The summed E-state index contributed by atoms with van der Waals surface area (Å²) in [4.78, 5) is 0.209. The van der Waals surface area contributed by atoms with Crippen LogP contribution in [0.4, 0.5) is 5.69 Å². The zero-order valence-corrected chi connectivity index (χ0v) is 14.7. The molecule has 0 saturated carbocycles. The van der Waals surface area contributed by atoms with E-state index in [9.17, 15) is 16.8 Å². The number of hydrogen-bond donors (Lipinski definition) is 0. The van der Waals surface area contributed by atoms with Gasteiger partial charge in [-0.15, -0.1) is 0 Å². The molecular formula is C14H20N2O5S2. The number of benzene rings is 1. The van der Waals surface area contributed by atoms with Gasteiger partial charge in [0.1, 0.15) is 0 Å². The van der Waals surface area contributed by atoms with Crippen LogP contribution in [-0.4, -0.2) is 59.7 Å². The van der Waals surface area contributed by atoms with Crippen LogP contribution in [0.15, 0.2) is 23.1 Å². The van der Waals surface area contributed by atoms with Crippen molar-refractivity contribution in [2.24, 2.45) is 0 Å². The number of fused-ring (bicyclic) bond motifs is 1. The lowest BCUT2D eigenvalue weighted by atomic mass is 10.1. The molecule has 0 aromatic heterocycles. The van der Waals surface area contributed by atoms with Crippen molar-refractivity contribution >= 4 is 25.7 Å². The summed E-state index contributed by atoms with van der Waals surface area (Å²) in [6, 6.07) is 4.47. The standard InChI is InChI=1S/C14H20N2O5S2/c1-11-9-12-10-13(3-4-14(12)16(11)22(2,17)18)23(19,20)15-5-7-21-8-6-15/h3-4,10-11H,5-9H2,1-2H3. The lowest BCUT2D eigenvalue weighted by Gasteiger charge is -2.26. The lowest BCUT2D eigenvalue weighted by molar-refractivity contribution is 0.0730. The molecule has 1 saturated heterocycles. The van der Waals surface area contributed by atoms with Crippen molar-refractivity contribution in [2.45, 2.75) is 24.3 Å². The number of morpholine rings is 1. The largest absolute Gasteiger partial charge is 0.379 e. The Morgan fingerprint density at radius 1 is 1.13 bits per heavy atom. The average molecular weight is 360 g/mol. The van der Waals surface area contributed by atoms with E-state index in [4.69, 9.17) is 4.74 Å². The van der Waals surface area contributed by atoms with E-state index in [2.05, 4.69) is 0 Å². The van der Waals surface area contributed by atoms with Crippen molar-refractivity contribution < 1.29 is 21.6 Å². The Kier molecular flexibility index (Phi) is 4.16. The Labute approximate surface area is 136 Å². The van der Waals surface area contributed by atoms with Crippen LogP contribution in [0.25, 0.3) is 0 Å². The van der Waals surface area contributed by atoms with E-state index in [1.165, 1.54) is 14.7 Å². The molecule has 2 aliphatic heterocycles. The number of anilines is 1. The molecule has 128 valence electrons. The summed E-state index contributed by atoms with van der Waals surface area (Å²) in [6.07, 6.45) is 1.67. The Balaban J connectivity index is 1.98. The van der Waals surface area contributed by atoms with Gasteiger partial charge < -0.3 is 4.74 Å². The van der Waals surface area contributed by atoms with Gasteiger partial charge in [0, 0.05) is 19.1 Å². The molecule has 3 rings (SSSR count). The van der Waals surface area contributed by atoms with E-state index >= 15 is 0 Å². The third-order valence-corrected chi connectivity index (χ3v) is 7.33. The van der Waals surface area contributed by atoms with Crippen LogP contribution in [0, 0.1) is 0 Å². The van der Waals surface area contributed by atoms with Gasteiger partial charge in [0.05, 0.1) is 30.1 Å². The van der Waals surface area contributed by atoms with Crippen LogP contribution >= 0.6 is 0 Å². The third kappa shape index (κ3) is 2.98. The molecule has 0 N–H and O–H groups in total. The molecular weight excluding hydrogens is 340 g/mol. The minimum atomic E-state index is -3.57. The molecule has 23 heavy (non-hydrogen) atoms. The SMILES string of the molecule is CC1Cc2cc(S(=O)(=O)N3CCOCC3)ccc2N1S(C)(=O)=O. The van der Waals surface area contributed by atoms with Crippen molar-refractivity contribution in [1.29, 1.82) is 0 Å². The maximum Gasteiger partial charge on any atom is 0.243 e. The monoisotopic (exact) mass is 360 g/mol. The topological polar surface area (TPSA) is 84.0 Å². The molecule has 0 spiro atoms. The van der Waals surface area contributed by atoms with Gasteiger partial charge in [-0.2, -0.15) is 4.31 Å². The highest BCUT2D eigenvalue weighted by Crippen LogP contribution is 2.36. The normalized spacial score (nSPS) is 23.0. The Morgan fingerprint density at radius 2 is 1.78 bits per heavy atom. The van der Waals surface area contributed by atoms with E-state index in [1.54, 1.807) is 12.1 Å². The zero-order valence-electron chi connectivity index (χ0n) is 13.1. The van der Waals surface area contributed by atoms with Gasteiger partial charge >= 0.3 is 0 Å². The molecule has 9 heteroatoms. The molecule has 0 amide bonds. The minimum absolute atomic E-state index is 0.207. The van der Waals surface area contributed by atoms with E-state index in [0.29, 0.717) is 38.4 Å². The number of ether oxygens (including phenoxy) is 1. The first kappa shape index (κ1) is 16.7. The molecule has 1 aromatic rings. The molecule has 0 bridgehead atoms. The maximum atomic E-state index is 12.7. The second-order valence-electron chi connectivity index (χ2n) is 5.92. The third-order valence-electron chi connectivity index (χ3n) is 4.17. The first-order valence-corrected chi connectivity index (χ1v) is 10.7. The fourth-order valence-electron chi connectivity index (χ4n) is 3.18. The number of rotatable bonds is 3. The first-order chi connectivity index (χ1) is 10.7. The van der Waals surface area contributed by atoms with E-state index < -0.39 is 20.0 Å². The van der Waals surface area contributed by atoms with Gasteiger partial charge in [-0.3, -0.25) is 4.31 Å². The summed E-state index contributed by atoms with van der Waals surface area (Å²) in [5, 5.41) is 0. The van der Waals surface area contributed by atoms with Gasteiger partial charge in [-0.1, -0.05) is 0 Å². The molecule has 0 aliphatic carbocycles. The molecule has 1 aromatic carbocycles. The summed E-state index contributed by atoms with van der Waals surface area (Å²) >= 11 is 0. The van der Waals surface area contributed by atoms with Crippen LogP contribution in [0.3, 0.4) is 0 Å².